The van der Waals surface area contributed by atoms with Crippen molar-refractivity contribution in [3.8, 4) is 0 Å². The molecule has 0 aromatic heterocycles. The molecule has 0 heterocycles. The van der Waals surface area contributed by atoms with Gasteiger partial charge in [0, 0.05) is 12.1 Å². The molecule has 0 unspecified atom stereocenters. The fraction of sp³-hybridized carbons (Fsp3) is 1.00. The minimum absolute atomic E-state index is 0.729. The van der Waals surface area contributed by atoms with Crippen molar-refractivity contribution >= 4 is 0 Å². The van der Waals surface area contributed by atoms with Gasteiger partial charge in [-0.05, 0) is 58.4 Å². The van der Waals surface area contributed by atoms with E-state index in [1.54, 1.807) is 12.8 Å². The SMILES string of the molecule is CC(C)N(C)C1CC2CC(C2)C1. The maximum Gasteiger partial charge on any atom is 0.0100 e. The van der Waals surface area contributed by atoms with E-state index in [4.69, 9.17) is 0 Å². The smallest absolute Gasteiger partial charge is 0.0100 e. The number of hydrogen-bond donors (Lipinski definition) is 0. The predicted molar refractivity (Wildman–Crippen MR) is 52.1 cm³/mol. The van der Waals surface area contributed by atoms with E-state index in [0.717, 1.165) is 23.9 Å². The van der Waals surface area contributed by atoms with Gasteiger partial charge in [-0.1, -0.05) is 0 Å². The molecule has 0 atom stereocenters. The zero-order valence-electron chi connectivity index (χ0n) is 8.59. The van der Waals surface area contributed by atoms with Crippen LogP contribution in [0.5, 0.6) is 0 Å². The van der Waals surface area contributed by atoms with Gasteiger partial charge in [0.15, 0.2) is 0 Å². The fourth-order valence-corrected chi connectivity index (χ4v) is 2.88. The molecule has 0 N–H and O–H groups in total. The number of rotatable bonds is 2. The summed E-state index contributed by atoms with van der Waals surface area (Å²) < 4.78 is 0. The van der Waals surface area contributed by atoms with Crippen LogP contribution in [-0.2, 0) is 0 Å². The minimum Gasteiger partial charge on any atom is -0.301 e. The molecule has 3 aliphatic carbocycles. The van der Waals surface area contributed by atoms with Gasteiger partial charge < -0.3 is 4.90 Å². The van der Waals surface area contributed by atoms with Crippen LogP contribution in [0.15, 0.2) is 0 Å². The van der Waals surface area contributed by atoms with E-state index in [2.05, 4.69) is 25.8 Å². The maximum atomic E-state index is 2.57. The molecule has 0 aromatic rings. The van der Waals surface area contributed by atoms with Crippen molar-refractivity contribution in [2.45, 2.75) is 51.6 Å². The molecule has 0 saturated heterocycles. The van der Waals surface area contributed by atoms with Gasteiger partial charge in [-0.25, -0.2) is 0 Å². The van der Waals surface area contributed by atoms with E-state index in [-0.39, 0.29) is 0 Å². The number of fused-ring (bicyclic) bond motifs is 2. The zero-order valence-corrected chi connectivity index (χ0v) is 8.59. The van der Waals surface area contributed by atoms with E-state index < -0.39 is 0 Å². The van der Waals surface area contributed by atoms with Crippen molar-refractivity contribution in [3.05, 3.63) is 0 Å². The van der Waals surface area contributed by atoms with Crippen LogP contribution in [0.3, 0.4) is 0 Å². The Labute approximate surface area is 76.1 Å². The minimum atomic E-state index is 0.729. The first-order valence-electron chi connectivity index (χ1n) is 5.38. The Morgan fingerprint density at radius 2 is 1.50 bits per heavy atom. The standard InChI is InChI=1S/C11H21N/c1-8(2)12(3)11-6-9-4-10(5-9)7-11/h8-11H,4-7H2,1-3H3. The van der Waals surface area contributed by atoms with Crippen LogP contribution in [0.25, 0.3) is 0 Å². The summed E-state index contributed by atoms with van der Waals surface area (Å²) in [7, 11) is 2.29. The molecule has 0 radical (unpaired) electrons. The molecule has 3 saturated carbocycles. The Bertz CT molecular complexity index is 148. The Hall–Kier alpha value is -0.0400. The zero-order chi connectivity index (χ0) is 8.72. The lowest BCUT2D eigenvalue weighted by molar-refractivity contribution is 0.0236. The molecule has 0 amide bonds. The average molecular weight is 167 g/mol. The first-order chi connectivity index (χ1) is 5.66. The van der Waals surface area contributed by atoms with E-state index in [9.17, 15) is 0 Å². The Kier molecular flexibility index (Phi) is 2.16. The molecule has 0 spiro atoms. The molecule has 12 heavy (non-hydrogen) atoms. The van der Waals surface area contributed by atoms with Gasteiger partial charge in [-0.2, -0.15) is 0 Å². The Balaban J connectivity index is 1.89. The summed E-state index contributed by atoms with van der Waals surface area (Å²) in [6.45, 7) is 4.61. The summed E-state index contributed by atoms with van der Waals surface area (Å²) in [6, 6.07) is 1.63. The molecule has 2 bridgehead atoms. The van der Waals surface area contributed by atoms with Gasteiger partial charge in [-0.3, -0.25) is 0 Å². The molecule has 1 heteroatoms. The first-order valence-corrected chi connectivity index (χ1v) is 5.38. The second kappa shape index (κ2) is 3.02. The van der Waals surface area contributed by atoms with Crippen LogP contribution >= 0.6 is 0 Å². The van der Waals surface area contributed by atoms with Gasteiger partial charge in [0.05, 0.1) is 0 Å². The lowest BCUT2D eigenvalue weighted by atomic mass is 9.63. The third-order valence-electron chi connectivity index (χ3n) is 3.93. The number of nitrogens with zero attached hydrogens (tertiary/aromatic N) is 1. The van der Waals surface area contributed by atoms with Crippen LogP contribution in [-0.4, -0.2) is 24.0 Å². The molecule has 70 valence electrons. The molecular weight excluding hydrogens is 146 g/mol. The summed E-state index contributed by atoms with van der Waals surface area (Å²) in [5.41, 5.74) is 0. The maximum absolute atomic E-state index is 2.57. The monoisotopic (exact) mass is 167 g/mol. The Morgan fingerprint density at radius 1 is 1.00 bits per heavy atom. The van der Waals surface area contributed by atoms with Gasteiger partial charge in [-0.15, -0.1) is 0 Å². The topological polar surface area (TPSA) is 3.24 Å². The second-order valence-electron chi connectivity index (χ2n) is 5.09. The summed E-state index contributed by atoms with van der Waals surface area (Å²) >= 11 is 0. The molecular formula is C11H21N. The highest BCUT2D eigenvalue weighted by molar-refractivity contribution is 4.92. The van der Waals surface area contributed by atoms with E-state index in [1.165, 1.54) is 12.8 Å². The largest absolute Gasteiger partial charge is 0.301 e. The van der Waals surface area contributed by atoms with Crippen molar-refractivity contribution in [2.24, 2.45) is 11.8 Å². The van der Waals surface area contributed by atoms with Crippen molar-refractivity contribution in [3.63, 3.8) is 0 Å². The van der Waals surface area contributed by atoms with E-state index in [0.29, 0.717) is 0 Å². The van der Waals surface area contributed by atoms with Gasteiger partial charge in [0.2, 0.25) is 0 Å². The van der Waals surface area contributed by atoms with Crippen molar-refractivity contribution in [2.75, 3.05) is 7.05 Å². The molecule has 3 aliphatic rings. The third kappa shape index (κ3) is 1.39. The molecule has 3 rings (SSSR count). The van der Waals surface area contributed by atoms with Gasteiger partial charge in [0.25, 0.3) is 0 Å². The highest BCUT2D eigenvalue weighted by Crippen LogP contribution is 2.46. The molecule has 0 aromatic carbocycles. The summed E-state index contributed by atoms with van der Waals surface area (Å²) in [5, 5.41) is 0. The van der Waals surface area contributed by atoms with E-state index >= 15 is 0 Å². The van der Waals surface area contributed by atoms with E-state index in [1.807, 2.05) is 0 Å². The highest BCUT2D eigenvalue weighted by Gasteiger charge is 2.39. The van der Waals surface area contributed by atoms with Crippen LogP contribution < -0.4 is 0 Å². The van der Waals surface area contributed by atoms with Crippen LogP contribution in [0.1, 0.15) is 39.5 Å². The lowest BCUT2D eigenvalue weighted by Gasteiger charge is -2.48. The second-order valence-corrected chi connectivity index (χ2v) is 5.09. The quantitative estimate of drug-likeness (QED) is 0.611. The molecule has 1 nitrogen and oxygen atoms in total. The van der Waals surface area contributed by atoms with Gasteiger partial charge >= 0.3 is 0 Å². The predicted octanol–water partition coefficient (Wildman–Crippen LogP) is 2.52. The Morgan fingerprint density at radius 3 is 1.92 bits per heavy atom. The summed E-state index contributed by atoms with van der Waals surface area (Å²) in [6.07, 6.45) is 6.04. The highest BCUT2D eigenvalue weighted by atomic mass is 15.2. The average Bonchev–Trinajstić information content (AvgIpc) is 2.02. The van der Waals surface area contributed by atoms with Crippen molar-refractivity contribution in [1.29, 1.82) is 0 Å². The third-order valence-corrected chi connectivity index (χ3v) is 3.93. The van der Waals surface area contributed by atoms with Gasteiger partial charge in [0.1, 0.15) is 0 Å². The van der Waals surface area contributed by atoms with Crippen LogP contribution in [0.2, 0.25) is 0 Å². The normalized spacial score (nSPS) is 40.2. The van der Waals surface area contributed by atoms with Crippen molar-refractivity contribution in [1.82, 2.24) is 4.90 Å². The molecule has 0 aliphatic heterocycles. The molecule has 3 fully saturated rings. The van der Waals surface area contributed by atoms with Crippen LogP contribution in [0.4, 0.5) is 0 Å². The summed E-state index contributed by atoms with van der Waals surface area (Å²) in [4.78, 5) is 2.57. The first kappa shape index (κ1) is 8.55. The van der Waals surface area contributed by atoms with Crippen molar-refractivity contribution < 1.29 is 0 Å². The summed E-state index contributed by atoms with van der Waals surface area (Å²) in [5.74, 6) is 2.19. The fourth-order valence-electron chi connectivity index (χ4n) is 2.88. The number of hydrogen-bond acceptors (Lipinski definition) is 1. The van der Waals surface area contributed by atoms with Crippen LogP contribution in [0, 0.1) is 11.8 Å². The lowest BCUT2D eigenvalue weighted by Crippen LogP contribution is -2.47.